The van der Waals surface area contributed by atoms with Gasteiger partial charge < -0.3 is 76.5 Å². The molecule has 0 aliphatic carbocycles. The molecule has 0 aliphatic heterocycles. The zero-order valence-corrected chi connectivity index (χ0v) is 62.1. The van der Waals surface area contributed by atoms with Crippen molar-refractivity contribution in [2.24, 2.45) is 0 Å². The molecule has 0 spiro atoms. The van der Waals surface area contributed by atoms with Crippen LogP contribution in [-0.4, -0.2) is 150 Å². The van der Waals surface area contributed by atoms with Gasteiger partial charge in [-0.25, -0.2) is 0 Å². The molecule has 542 valence electrons. The molecule has 2 atom stereocenters. The fraction of sp³-hybridized carbons (Fsp3) is 0.947. The standard InChI is InChI=1S/C73H144N2O11.2CH4.2BrH/c1-9-13-17-21-25-29-33-37-41-45-49-53-70(77)83-65-68(85-72(79)55-51-47-43-39-35-31-27-23-19-15-11-3)61-74(5,6)57-59-81-63-67(76)64-82-60-58-75(7,8)62-69(86-73(80)56-52-48-44-40-36-32-28-24-20-16-12-4)66-84-71(78)54-50-46-42-38-34-30-26-22-18-14-10-2;;;;/h67-69,76H,9-66H2,1-8H3;2*1H4;2*1H/q+2;;;;/p-2. The SMILES string of the molecule is C.C.CCCCCCCCCCCCCC(=O)OCC(C[N+](C)(C)CCOCC(O)COCC[N+](C)(C)CC(COC(=O)CCCCCCCCCCCCC)OC(=O)CCCCCCCCCCCCC)OC(=O)CCCCCCCCCCCCC.[Br-].[Br-]. The Morgan fingerprint density at radius 3 is 0.733 bits per heavy atom. The first-order chi connectivity index (χ1) is 41.7. The van der Waals surface area contributed by atoms with Gasteiger partial charge in [0.05, 0.1) is 54.6 Å². The summed E-state index contributed by atoms with van der Waals surface area (Å²) in [4.78, 5) is 52.1. The van der Waals surface area contributed by atoms with Crippen molar-refractivity contribution < 1.29 is 95.6 Å². The number of carbonyl (C=O) groups excluding carboxylic acids is 4. The van der Waals surface area contributed by atoms with E-state index in [2.05, 4.69) is 55.9 Å². The number of aliphatic hydroxyl groups excluding tert-OH is 1. The Morgan fingerprint density at radius 2 is 0.511 bits per heavy atom. The van der Waals surface area contributed by atoms with E-state index in [4.69, 9.17) is 28.4 Å². The zero-order valence-electron chi connectivity index (χ0n) is 58.9. The summed E-state index contributed by atoms with van der Waals surface area (Å²) >= 11 is 0. The van der Waals surface area contributed by atoms with Crippen molar-refractivity contribution in [1.82, 2.24) is 0 Å². The van der Waals surface area contributed by atoms with E-state index in [0.717, 1.165) is 77.0 Å². The van der Waals surface area contributed by atoms with Crippen molar-refractivity contribution in [3.8, 4) is 0 Å². The summed E-state index contributed by atoms with van der Waals surface area (Å²) in [7, 11) is 8.20. The Labute approximate surface area is 579 Å². The number of ether oxygens (including phenoxy) is 6. The summed E-state index contributed by atoms with van der Waals surface area (Å²) in [6, 6.07) is 0. The number of quaternary nitrogens is 2. The van der Waals surface area contributed by atoms with Crippen molar-refractivity contribution >= 4 is 23.9 Å². The highest BCUT2D eigenvalue weighted by atomic mass is 79.9. The predicted molar refractivity (Wildman–Crippen MR) is 371 cm³/mol. The van der Waals surface area contributed by atoms with E-state index >= 15 is 0 Å². The quantitative estimate of drug-likeness (QED) is 0.0269. The normalized spacial score (nSPS) is 12.4. The third-order valence-corrected chi connectivity index (χ3v) is 17.1. The fourth-order valence-corrected chi connectivity index (χ4v) is 11.4. The minimum absolute atomic E-state index is 0. The van der Waals surface area contributed by atoms with Crippen LogP contribution in [0, 0.1) is 0 Å². The highest BCUT2D eigenvalue weighted by molar-refractivity contribution is 5.71. The average molecular weight is 1420 g/mol. The minimum Gasteiger partial charge on any atom is -1.00 e. The number of carbonyl (C=O) groups is 4. The average Bonchev–Trinajstić information content (AvgIpc) is 3.56. The van der Waals surface area contributed by atoms with Crippen LogP contribution in [0.25, 0.3) is 0 Å². The van der Waals surface area contributed by atoms with Crippen LogP contribution < -0.4 is 34.0 Å². The van der Waals surface area contributed by atoms with E-state index in [9.17, 15) is 24.3 Å². The molecule has 0 aromatic heterocycles. The molecule has 1 N–H and O–H groups in total. The van der Waals surface area contributed by atoms with Crippen LogP contribution in [0.5, 0.6) is 0 Å². The van der Waals surface area contributed by atoms with Gasteiger partial charge in [0.25, 0.3) is 0 Å². The maximum Gasteiger partial charge on any atom is 0.306 e. The van der Waals surface area contributed by atoms with Gasteiger partial charge in [0.2, 0.25) is 0 Å². The van der Waals surface area contributed by atoms with E-state index in [1.165, 1.54) is 205 Å². The summed E-state index contributed by atoms with van der Waals surface area (Å²) in [6.45, 7) is 12.1. The fourth-order valence-electron chi connectivity index (χ4n) is 11.4. The van der Waals surface area contributed by atoms with Crippen LogP contribution in [0.1, 0.15) is 351 Å². The van der Waals surface area contributed by atoms with E-state index in [0.29, 0.717) is 74.0 Å². The first-order valence-electron chi connectivity index (χ1n) is 36.8. The van der Waals surface area contributed by atoms with Crippen LogP contribution in [-0.2, 0) is 47.6 Å². The lowest BCUT2D eigenvalue weighted by atomic mass is 10.1. The van der Waals surface area contributed by atoms with Crippen LogP contribution in [0.3, 0.4) is 0 Å². The van der Waals surface area contributed by atoms with E-state index in [1.54, 1.807) is 0 Å². The summed E-state index contributed by atoms with van der Waals surface area (Å²) in [6.07, 6.45) is 52.9. The molecule has 0 radical (unpaired) electrons. The number of rotatable bonds is 68. The molecule has 0 bridgehead atoms. The molecule has 2 unspecified atom stereocenters. The first-order valence-corrected chi connectivity index (χ1v) is 36.8. The molecule has 0 aromatic rings. The van der Waals surface area contributed by atoms with Gasteiger partial charge in [-0.15, -0.1) is 0 Å². The second kappa shape index (κ2) is 71.9. The third kappa shape index (κ3) is 70.9. The lowest BCUT2D eigenvalue weighted by Gasteiger charge is -2.33. The molecular formula is C75H152Br2N2O11. The van der Waals surface area contributed by atoms with Crippen LogP contribution in [0.2, 0.25) is 0 Å². The largest absolute Gasteiger partial charge is 1.00 e. The van der Waals surface area contributed by atoms with Crippen LogP contribution >= 0.6 is 0 Å². The molecule has 15 heteroatoms. The summed E-state index contributed by atoms with van der Waals surface area (Å²) < 4.78 is 36.4. The van der Waals surface area contributed by atoms with Crippen molar-refractivity contribution in [3.63, 3.8) is 0 Å². The smallest absolute Gasteiger partial charge is 0.306 e. The summed E-state index contributed by atoms with van der Waals surface area (Å²) in [5.74, 6) is -0.963. The maximum absolute atomic E-state index is 13.2. The topological polar surface area (TPSA) is 144 Å². The molecule has 0 fully saturated rings. The molecule has 0 rings (SSSR count). The molecule has 0 aromatic carbocycles. The number of unbranched alkanes of at least 4 members (excludes halogenated alkanes) is 40. The number of nitrogens with zero attached hydrogens (tertiary/aromatic N) is 2. The van der Waals surface area contributed by atoms with Crippen LogP contribution in [0.15, 0.2) is 0 Å². The lowest BCUT2D eigenvalue weighted by Crippen LogP contribution is -3.00. The maximum atomic E-state index is 13.2. The lowest BCUT2D eigenvalue weighted by molar-refractivity contribution is -0.893. The van der Waals surface area contributed by atoms with E-state index in [1.807, 2.05) is 0 Å². The zero-order chi connectivity index (χ0) is 63.3. The Kier molecular flexibility index (Phi) is 77.8. The summed E-state index contributed by atoms with van der Waals surface area (Å²) in [5, 5.41) is 10.8. The van der Waals surface area contributed by atoms with Gasteiger partial charge in [-0.05, 0) is 25.7 Å². The first kappa shape index (κ1) is 97.3. The van der Waals surface area contributed by atoms with Gasteiger partial charge in [0.15, 0.2) is 12.2 Å². The Bertz CT molecular complexity index is 1420. The van der Waals surface area contributed by atoms with E-state index in [-0.39, 0.29) is 99.1 Å². The second-order valence-electron chi connectivity index (χ2n) is 27.2. The molecule has 90 heavy (non-hydrogen) atoms. The number of halogens is 2. The molecule has 0 saturated carbocycles. The molecule has 0 aliphatic rings. The van der Waals surface area contributed by atoms with Gasteiger partial charge in [-0.2, -0.15) is 0 Å². The highest BCUT2D eigenvalue weighted by Crippen LogP contribution is 2.18. The van der Waals surface area contributed by atoms with Gasteiger partial charge in [0, 0.05) is 25.7 Å². The third-order valence-electron chi connectivity index (χ3n) is 17.1. The molecular weight excluding hydrogens is 1260 g/mol. The molecule has 0 heterocycles. The predicted octanol–water partition coefficient (Wildman–Crippen LogP) is 13.5. The Balaban J connectivity index is -0.00000602. The van der Waals surface area contributed by atoms with Gasteiger partial charge in [-0.1, -0.05) is 299 Å². The number of hydrogen-bond acceptors (Lipinski definition) is 11. The van der Waals surface area contributed by atoms with Crippen molar-refractivity contribution in [2.45, 2.75) is 369 Å². The van der Waals surface area contributed by atoms with Gasteiger partial charge >= 0.3 is 23.9 Å². The Hall–Kier alpha value is -1.36. The minimum atomic E-state index is -0.825. The number of aliphatic hydroxyl groups is 1. The number of likely N-dealkylation sites (N-methyl/N-ethyl adjacent to an activating group) is 2. The molecule has 13 nitrogen and oxygen atoms in total. The number of hydrogen-bond donors (Lipinski definition) is 1. The van der Waals surface area contributed by atoms with Gasteiger partial charge in [0.1, 0.15) is 45.5 Å². The van der Waals surface area contributed by atoms with E-state index < -0.39 is 18.3 Å². The molecule has 0 amide bonds. The van der Waals surface area contributed by atoms with Crippen molar-refractivity contribution in [2.75, 3.05) is 94.0 Å². The second-order valence-corrected chi connectivity index (χ2v) is 27.2. The monoisotopic (exact) mass is 1410 g/mol. The van der Waals surface area contributed by atoms with Crippen molar-refractivity contribution in [3.05, 3.63) is 0 Å². The highest BCUT2D eigenvalue weighted by Gasteiger charge is 2.29. The Morgan fingerprint density at radius 1 is 0.311 bits per heavy atom. The molecule has 0 saturated heterocycles. The van der Waals surface area contributed by atoms with Gasteiger partial charge in [-0.3, -0.25) is 19.2 Å². The number of esters is 4. The van der Waals surface area contributed by atoms with Crippen LogP contribution in [0.4, 0.5) is 0 Å². The summed E-state index contributed by atoms with van der Waals surface area (Å²) in [5.41, 5.74) is 0. The van der Waals surface area contributed by atoms with Crippen molar-refractivity contribution in [1.29, 1.82) is 0 Å².